The minimum Gasteiger partial charge on any atom is -0.328 e. The number of hydrogen-bond donors (Lipinski definition) is 1. The number of fused-ring (bicyclic) bond motifs is 1. The Hall–Kier alpha value is -1.31. The van der Waals surface area contributed by atoms with Crippen LogP contribution in [0.2, 0.25) is 5.02 Å². The summed E-state index contributed by atoms with van der Waals surface area (Å²) in [5.74, 6) is 0.0284. The molecule has 9 heteroatoms. The standard InChI is InChI=1S/C16H15ClN4OS.2ClH/c17-12-3-1-2-11(6-12)13-7-18-4-5-20(13)16(22)14-9-23-15-8-19-10-21(14)15;;/h1-3,6,8-10,13,18H,4-5,7H2;2*1H. The van der Waals surface area contributed by atoms with E-state index in [4.69, 9.17) is 11.6 Å². The zero-order valence-electron chi connectivity index (χ0n) is 13.1. The molecule has 134 valence electrons. The first-order valence-electron chi connectivity index (χ1n) is 7.41. The van der Waals surface area contributed by atoms with Crippen molar-refractivity contribution in [2.45, 2.75) is 6.04 Å². The zero-order valence-corrected chi connectivity index (χ0v) is 16.3. The largest absolute Gasteiger partial charge is 0.328 e. The van der Waals surface area contributed by atoms with Crippen LogP contribution in [0.3, 0.4) is 0 Å². The number of imidazole rings is 1. The number of hydrogen-bond acceptors (Lipinski definition) is 4. The number of rotatable bonds is 2. The zero-order chi connectivity index (χ0) is 15.8. The van der Waals surface area contributed by atoms with Gasteiger partial charge in [-0.05, 0) is 17.7 Å². The van der Waals surface area contributed by atoms with Crippen LogP contribution >= 0.6 is 47.8 Å². The van der Waals surface area contributed by atoms with Crippen molar-refractivity contribution in [3.63, 3.8) is 0 Å². The van der Waals surface area contributed by atoms with Gasteiger partial charge in [-0.1, -0.05) is 23.7 Å². The predicted molar refractivity (Wildman–Crippen MR) is 106 cm³/mol. The highest BCUT2D eigenvalue weighted by molar-refractivity contribution is 7.15. The summed E-state index contributed by atoms with van der Waals surface area (Å²) in [6.45, 7) is 2.19. The molecule has 1 saturated heterocycles. The Morgan fingerprint density at radius 1 is 1.36 bits per heavy atom. The Labute approximate surface area is 166 Å². The summed E-state index contributed by atoms with van der Waals surface area (Å²) < 4.78 is 1.85. The van der Waals surface area contributed by atoms with Crippen LogP contribution < -0.4 is 5.32 Å². The minimum atomic E-state index is -0.0200. The predicted octanol–water partition coefficient (Wildman–Crippen LogP) is 3.68. The number of amides is 1. The maximum atomic E-state index is 13.1. The maximum absolute atomic E-state index is 13.1. The number of aromatic nitrogens is 2. The van der Waals surface area contributed by atoms with Gasteiger partial charge in [-0.25, -0.2) is 4.98 Å². The van der Waals surface area contributed by atoms with Crippen molar-refractivity contribution < 1.29 is 4.79 Å². The van der Waals surface area contributed by atoms with Crippen molar-refractivity contribution in [1.82, 2.24) is 19.6 Å². The minimum absolute atomic E-state index is 0. The van der Waals surface area contributed by atoms with Gasteiger partial charge in [0.25, 0.3) is 5.91 Å². The molecule has 1 aliphatic heterocycles. The molecule has 4 rings (SSSR count). The van der Waals surface area contributed by atoms with E-state index in [9.17, 15) is 4.79 Å². The third-order valence-corrected chi connectivity index (χ3v) is 5.23. The molecule has 1 N–H and O–H groups in total. The molecule has 25 heavy (non-hydrogen) atoms. The van der Waals surface area contributed by atoms with E-state index in [1.807, 2.05) is 38.9 Å². The number of nitrogens with zero attached hydrogens (tertiary/aromatic N) is 3. The normalized spacial score (nSPS) is 17.0. The highest BCUT2D eigenvalue weighted by Crippen LogP contribution is 2.27. The van der Waals surface area contributed by atoms with Gasteiger partial charge in [-0.15, -0.1) is 36.2 Å². The van der Waals surface area contributed by atoms with E-state index in [2.05, 4.69) is 10.3 Å². The van der Waals surface area contributed by atoms with E-state index in [1.165, 1.54) is 11.3 Å². The van der Waals surface area contributed by atoms with E-state index in [-0.39, 0.29) is 36.8 Å². The summed E-state index contributed by atoms with van der Waals surface area (Å²) in [5, 5.41) is 5.95. The quantitative estimate of drug-likeness (QED) is 0.689. The molecule has 2 aromatic heterocycles. The first-order valence-corrected chi connectivity index (χ1v) is 8.66. The second kappa shape index (κ2) is 8.38. The molecule has 1 aliphatic rings. The molecule has 0 radical (unpaired) electrons. The number of benzene rings is 1. The lowest BCUT2D eigenvalue weighted by molar-refractivity contribution is 0.0627. The molecule has 0 aliphatic carbocycles. The lowest BCUT2D eigenvalue weighted by Gasteiger charge is -2.36. The second-order valence-electron chi connectivity index (χ2n) is 5.50. The maximum Gasteiger partial charge on any atom is 0.272 e. The number of carbonyl (C=O) groups excluding carboxylic acids is 1. The van der Waals surface area contributed by atoms with Crippen LogP contribution in [0.5, 0.6) is 0 Å². The lowest BCUT2D eigenvalue weighted by Crippen LogP contribution is -2.48. The van der Waals surface area contributed by atoms with Gasteiger partial charge in [0.05, 0.1) is 12.2 Å². The van der Waals surface area contributed by atoms with Crippen LogP contribution in [0, 0.1) is 0 Å². The first-order chi connectivity index (χ1) is 11.2. The van der Waals surface area contributed by atoms with Gasteiger partial charge in [0.2, 0.25) is 0 Å². The summed E-state index contributed by atoms with van der Waals surface area (Å²) >= 11 is 7.65. The van der Waals surface area contributed by atoms with Gasteiger partial charge < -0.3 is 10.2 Å². The molecule has 3 aromatic rings. The number of nitrogens with one attached hydrogen (secondary N) is 1. The third kappa shape index (κ3) is 3.78. The molecule has 0 bridgehead atoms. The van der Waals surface area contributed by atoms with Gasteiger partial charge in [-0.3, -0.25) is 9.20 Å². The Bertz CT molecular complexity index is 866. The van der Waals surface area contributed by atoms with Crippen molar-refractivity contribution in [3.05, 3.63) is 58.4 Å². The smallest absolute Gasteiger partial charge is 0.272 e. The Balaban J connectivity index is 0.00000113. The van der Waals surface area contributed by atoms with Crippen LogP contribution in [-0.2, 0) is 0 Å². The summed E-state index contributed by atoms with van der Waals surface area (Å²) in [4.78, 5) is 20.1. The van der Waals surface area contributed by atoms with Crippen molar-refractivity contribution in [2.24, 2.45) is 0 Å². The Morgan fingerprint density at radius 2 is 2.20 bits per heavy atom. The molecule has 0 saturated carbocycles. The van der Waals surface area contributed by atoms with E-state index in [0.717, 1.165) is 23.5 Å². The molecule has 1 fully saturated rings. The second-order valence-corrected chi connectivity index (χ2v) is 6.82. The summed E-state index contributed by atoms with van der Waals surface area (Å²) in [5.41, 5.74) is 1.71. The monoisotopic (exact) mass is 418 g/mol. The van der Waals surface area contributed by atoms with E-state index in [1.54, 1.807) is 12.5 Å². The highest BCUT2D eigenvalue weighted by Gasteiger charge is 2.30. The topological polar surface area (TPSA) is 49.6 Å². The summed E-state index contributed by atoms with van der Waals surface area (Å²) in [6, 6.07) is 7.70. The van der Waals surface area contributed by atoms with Crippen LogP contribution in [0.15, 0.2) is 42.2 Å². The summed E-state index contributed by atoms with van der Waals surface area (Å²) in [6.07, 6.45) is 3.46. The SMILES string of the molecule is Cl.Cl.O=C(c1csc2cncn12)N1CCNCC1c1cccc(Cl)c1. The number of carbonyl (C=O) groups is 1. The van der Waals surface area contributed by atoms with Crippen LogP contribution in [0.25, 0.3) is 4.83 Å². The first kappa shape index (κ1) is 20.0. The lowest BCUT2D eigenvalue weighted by atomic mass is 10.0. The molecule has 1 atom stereocenters. The molecule has 1 amide bonds. The van der Waals surface area contributed by atoms with Gasteiger partial charge in [-0.2, -0.15) is 0 Å². The Morgan fingerprint density at radius 3 is 3.00 bits per heavy atom. The number of halogens is 3. The summed E-state index contributed by atoms with van der Waals surface area (Å²) in [7, 11) is 0. The highest BCUT2D eigenvalue weighted by atomic mass is 35.5. The number of thiazole rings is 1. The van der Waals surface area contributed by atoms with Crippen LogP contribution in [0.4, 0.5) is 0 Å². The number of piperazine rings is 1. The average molecular weight is 420 g/mol. The van der Waals surface area contributed by atoms with Crippen molar-refractivity contribution in [2.75, 3.05) is 19.6 Å². The van der Waals surface area contributed by atoms with Crippen molar-refractivity contribution in [1.29, 1.82) is 0 Å². The van der Waals surface area contributed by atoms with Crippen LogP contribution in [-0.4, -0.2) is 39.8 Å². The molecular weight excluding hydrogens is 403 g/mol. The Kier molecular flexibility index (Phi) is 6.71. The molecule has 1 unspecified atom stereocenters. The van der Waals surface area contributed by atoms with Gasteiger partial charge in [0, 0.05) is 30.0 Å². The average Bonchev–Trinajstić information content (AvgIpc) is 3.17. The van der Waals surface area contributed by atoms with Crippen LogP contribution in [0.1, 0.15) is 22.1 Å². The van der Waals surface area contributed by atoms with E-state index < -0.39 is 0 Å². The fourth-order valence-electron chi connectivity index (χ4n) is 2.98. The molecule has 3 heterocycles. The molecular formula is C16H17Cl3N4OS. The third-order valence-electron chi connectivity index (χ3n) is 4.11. The fourth-order valence-corrected chi connectivity index (χ4v) is 4.01. The van der Waals surface area contributed by atoms with Crippen molar-refractivity contribution >= 4 is 58.5 Å². The van der Waals surface area contributed by atoms with Gasteiger partial charge in [0.15, 0.2) is 0 Å². The molecule has 0 spiro atoms. The fraction of sp³-hybridized carbons (Fsp3) is 0.250. The molecule has 1 aromatic carbocycles. The van der Waals surface area contributed by atoms with Crippen molar-refractivity contribution in [3.8, 4) is 0 Å². The molecule has 5 nitrogen and oxygen atoms in total. The van der Waals surface area contributed by atoms with Gasteiger partial charge in [0.1, 0.15) is 16.9 Å². The van der Waals surface area contributed by atoms with E-state index in [0.29, 0.717) is 17.3 Å². The van der Waals surface area contributed by atoms with Gasteiger partial charge >= 0.3 is 0 Å². The van der Waals surface area contributed by atoms with E-state index >= 15 is 0 Å².